The highest BCUT2D eigenvalue weighted by Gasteiger charge is 2.02. The molecule has 0 aliphatic heterocycles. The van der Waals surface area contributed by atoms with Crippen molar-refractivity contribution in [2.75, 3.05) is 6.61 Å². The number of thiophene rings is 1. The normalized spacial score (nSPS) is 10.1. The van der Waals surface area contributed by atoms with Gasteiger partial charge in [-0.15, -0.1) is 22.7 Å². The van der Waals surface area contributed by atoms with Gasteiger partial charge in [0.25, 0.3) is 0 Å². The molecule has 2 rings (SSSR count). The molecule has 0 atom stereocenters. The molecule has 2 nitrogen and oxygen atoms in total. The quantitative estimate of drug-likeness (QED) is 0.692. The van der Waals surface area contributed by atoms with Crippen LogP contribution in [0.5, 0.6) is 0 Å². The summed E-state index contributed by atoms with van der Waals surface area (Å²) in [4.78, 5) is 6.79. The Balaban J connectivity index is 1.89. The molecule has 0 amide bonds. The second-order valence-corrected chi connectivity index (χ2v) is 6.83. The van der Waals surface area contributed by atoms with E-state index in [0.29, 0.717) is 6.42 Å². The fourth-order valence-electron chi connectivity index (χ4n) is 1.26. The Morgan fingerprint density at radius 2 is 2.33 bits per heavy atom. The van der Waals surface area contributed by atoms with Crippen LogP contribution < -0.4 is 0 Å². The van der Waals surface area contributed by atoms with Gasteiger partial charge in [-0.25, -0.2) is 4.98 Å². The van der Waals surface area contributed by atoms with E-state index in [1.54, 1.807) is 34.4 Å². The molecule has 0 saturated carbocycles. The fourth-order valence-corrected chi connectivity index (χ4v) is 4.03. The Morgan fingerprint density at radius 1 is 1.44 bits per heavy atom. The van der Waals surface area contributed by atoms with Crippen molar-refractivity contribution in [1.82, 2.24) is 4.98 Å². The molecular weight excluding hydrogens is 282 g/mol. The Kier molecular flexibility index (Phi) is 5.26. The number of nitrogens with zero attached hydrogens (tertiary/aromatic N) is 1. The minimum absolute atomic E-state index is 0.129. The Hall–Kier alpha value is -0.800. The third-order valence-electron chi connectivity index (χ3n) is 2.05. The molecule has 0 bridgehead atoms. The number of aromatic nitrogens is 1. The first-order valence-corrected chi connectivity index (χ1v) is 8.19. The van der Waals surface area contributed by atoms with Gasteiger partial charge in [-0.05, 0) is 19.1 Å². The predicted molar refractivity (Wildman–Crippen MR) is 79.3 cm³/mol. The predicted octanol–water partition coefficient (Wildman–Crippen LogP) is 3.54. The number of thioether (sulfide) groups is 1. The van der Waals surface area contributed by atoms with Crippen LogP contribution in [0.2, 0.25) is 0 Å². The van der Waals surface area contributed by atoms with E-state index in [2.05, 4.69) is 28.3 Å². The molecule has 5 heteroatoms. The average Bonchev–Trinajstić information content (AvgIpc) is 2.96. The zero-order valence-corrected chi connectivity index (χ0v) is 12.4. The molecule has 2 heterocycles. The van der Waals surface area contributed by atoms with Gasteiger partial charge in [-0.1, -0.05) is 23.6 Å². The molecule has 2 aromatic rings. The van der Waals surface area contributed by atoms with Crippen molar-refractivity contribution in [3.05, 3.63) is 33.0 Å². The highest BCUT2D eigenvalue weighted by Crippen LogP contribution is 2.28. The van der Waals surface area contributed by atoms with E-state index in [1.807, 2.05) is 13.0 Å². The molecule has 0 fully saturated rings. The van der Waals surface area contributed by atoms with Gasteiger partial charge in [0.05, 0.1) is 11.5 Å². The van der Waals surface area contributed by atoms with Crippen LogP contribution in [0.3, 0.4) is 0 Å². The van der Waals surface area contributed by atoms with Crippen molar-refractivity contribution < 1.29 is 5.11 Å². The number of aryl methyl sites for hydroxylation is 1. The summed E-state index contributed by atoms with van der Waals surface area (Å²) in [6.45, 7) is 2.14. The molecular formula is C13H13NOS3. The summed E-state index contributed by atoms with van der Waals surface area (Å²) in [5.74, 6) is 6.93. The van der Waals surface area contributed by atoms with Crippen LogP contribution >= 0.6 is 34.4 Å². The van der Waals surface area contributed by atoms with Gasteiger partial charge in [0.1, 0.15) is 4.34 Å². The zero-order chi connectivity index (χ0) is 12.8. The van der Waals surface area contributed by atoms with Crippen LogP contribution in [0.1, 0.15) is 21.9 Å². The van der Waals surface area contributed by atoms with Gasteiger partial charge < -0.3 is 5.11 Å². The maximum Gasteiger partial charge on any atom is 0.150 e. The lowest BCUT2D eigenvalue weighted by molar-refractivity contribution is 0.305. The second-order valence-electron chi connectivity index (χ2n) is 3.58. The van der Waals surface area contributed by atoms with Crippen molar-refractivity contribution in [3.63, 3.8) is 0 Å². The zero-order valence-electron chi connectivity index (χ0n) is 9.97. The standard InChI is InChI=1S/C13H13NOS3/c1-10-8-16-13(14-10)17-9-12-6-5-11(18-12)4-2-3-7-15/h5-6,8,15H,3,7,9H2,1H3. The van der Waals surface area contributed by atoms with Gasteiger partial charge in [-0.3, -0.25) is 0 Å². The fraction of sp³-hybridized carbons (Fsp3) is 0.308. The number of rotatable bonds is 4. The van der Waals surface area contributed by atoms with Crippen molar-refractivity contribution in [1.29, 1.82) is 0 Å². The molecule has 0 unspecified atom stereocenters. The van der Waals surface area contributed by atoms with E-state index in [0.717, 1.165) is 20.7 Å². The summed E-state index contributed by atoms with van der Waals surface area (Å²) in [5.41, 5.74) is 1.09. The van der Waals surface area contributed by atoms with E-state index in [-0.39, 0.29) is 6.61 Å². The number of aliphatic hydroxyl groups excluding tert-OH is 1. The summed E-state index contributed by atoms with van der Waals surface area (Å²) in [5, 5.41) is 10.7. The van der Waals surface area contributed by atoms with Crippen LogP contribution in [0.15, 0.2) is 21.9 Å². The molecule has 0 aromatic carbocycles. The summed E-state index contributed by atoms with van der Waals surface area (Å²) in [6.07, 6.45) is 0.542. The van der Waals surface area contributed by atoms with Gasteiger partial charge in [-0.2, -0.15) is 0 Å². The first-order valence-electron chi connectivity index (χ1n) is 5.51. The van der Waals surface area contributed by atoms with Crippen molar-refractivity contribution in [2.24, 2.45) is 0 Å². The van der Waals surface area contributed by atoms with Gasteiger partial charge in [0.15, 0.2) is 0 Å². The van der Waals surface area contributed by atoms with Gasteiger partial charge >= 0.3 is 0 Å². The third-order valence-corrected chi connectivity index (χ3v) is 5.42. The highest BCUT2D eigenvalue weighted by atomic mass is 32.2. The van der Waals surface area contributed by atoms with E-state index < -0.39 is 0 Å². The Morgan fingerprint density at radius 3 is 3.06 bits per heavy atom. The minimum atomic E-state index is 0.129. The highest BCUT2D eigenvalue weighted by molar-refractivity contribution is 8.00. The molecule has 18 heavy (non-hydrogen) atoms. The van der Waals surface area contributed by atoms with Crippen molar-refractivity contribution in [2.45, 2.75) is 23.4 Å². The van der Waals surface area contributed by atoms with Gasteiger partial charge in [0, 0.05) is 28.1 Å². The molecule has 1 N–H and O–H groups in total. The summed E-state index contributed by atoms with van der Waals surface area (Å²) >= 11 is 5.17. The molecule has 0 aliphatic rings. The topological polar surface area (TPSA) is 33.1 Å². The monoisotopic (exact) mass is 295 g/mol. The number of hydrogen-bond donors (Lipinski definition) is 1. The SMILES string of the molecule is Cc1csc(SCc2ccc(C#CCCO)s2)n1. The first-order chi connectivity index (χ1) is 8.78. The van der Waals surface area contributed by atoms with Crippen LogP contribution in [0.25, 0.3) is 0 Å². The Labute approximate surface area is 119 Å². The van der Waals surface area contributed by atoms with Gasteiger partial charge in [0.2, 0.25) is 0 Å². The molecule has 0 saturated heterocycles. The minimum Gasteiger partial charge on any atom is -0.395 e. The van der Waals surface area contributed by atoms with Crippen molar-refractivity contribution >= 4 is 34.4 Å². The summed E-state index contributed by atoms with van der Waals surface area (Å²) < 4.78 is 1.12. The van der Waals surface area contributed by atoms with E-state index in [9.17, 15) is 0 Å². The number of aliphatic hydroxyl groups is 1. The van der Waals surface area contributed by atoms with Crippen LogP contribution in [0, 0.1) is 18.8 Å². The largest absolute Gasteiger partial charge is 0.395 e. The second kappa shape index (κ2) is 6.95. The lowest BCUT2D eigenvalue weighted by Crippen LogP contribution is -1.75. The van der Waals surface area contributed by atoms with Crippen LogP contribution in [-0.2, 0) is 5.75 Å². The van der Waals surface area contributed by atoms with E-state index in [4.69, 9.17) is 5.11 Å². The molecule has 0 radical (unpaired) electrons. The molecule has 0 aliphatic carbocycles. The lowest BCUT2D eigenvalue weighted by Gasteiger charge is -1.92. The Bertz CT molecular complexity index is 562. The lowest BCUT2D eigenvalue weighted by atomic mass is 10.4. The van der Waals surface area contributed by atoms with Crippen molar-refractivity contribution in [3.8, 4) is 11.8 Å². The van der Waals surface area contributed by atoms with Crippen LogP contribution in [0.4, 0.5) is 0 Å². The third kappa shape index (κ3) is 4.14. The maximum absolute atomic E-state index is 8.65. The van der Waals surface area contributed by atoms with Crippen LogP contribution in [-0.4, -0.2) is 16.7 Å². The number of hydrogen-bond acceptors (Lipinski definition) is 5. The molecule has 0 spiro atoms. The maximum atomic E-state index is 8.65. The first kappa shape index (κ1) is 13.6. The average molecular weight is 295 g/mol. The summed E-state index contributed by atoms with van der Waals surface area (Å²) in [7, 11) is 0. The summed E-state index contributed by atoms with van der Waals surface area (Å²) in [6, 6.07) is 4.15. The number of thiazole rings is 1. The molecule has 94 valence electrons. The van der Waals surface area contributed by atoms with E-state index >= 15 is 0 Å². The smallest absolute Gasteiger partial charge is 0.150 e. The molecule has 2 aromatic heterocycles. The van der Waals surface area contributed by atoms with E-state index in [1.165, 1.54) is 4.88 Å².